The number of para-hydroxylation sites is 1. The first-order valence-electron chi connectivity index (χ1n) is 10.7. The second-order valence-corrected chi connectivity index (χ2v) is 9.98. The molecule has 172 valence electrons. The van der Waals surface area contributed by atoms with E-state index in [1.54, 1.807) is 24.3 Å². The smallest absolute Gasteiger partial charge is 0.314 e. The first-order chi connectivity index (χ1) is 15.4. The average Bonchev–Trinajstić information content (AvgIpc) is 3.49. The monoisotopic (exact) mass is 464 g/mol. The Kier molecular flexibility index (Phi) is 7.00. The number of sulfonamides is 1. The highest BCUT2D eigenvalue weighted by atomic mass is 32.2. The van der Waals surface area contributed by atoms with Gasteiger partial charge in [-0.15, -0.1) is 10.2 Å². The first kappa shape index (κ1) is 22.6. The molecule has 1 atom stereocenters. The molecular formula is C22H26F2N4O3S. The van der Waals surface area contributed by atoms with Crippen LogP contribution in [0.25, 0.3) is 0 Å². The predicted octanol–water partition coefficient (Wildman–Crippen LogP) is 3.91. The molecule has 10 heteroatoms. The van der Waals surface area contributed by atoms with Gasteiger partial charge in [0.2, 0.25) is 15.9 Å². The standard InChI is InChI=1S/C22H26F2N4O3S/c23-20(24)22-26-25-21(31-22)18-10-8-17(9-11-18)16-28(19-6-2-1-3-7-19)32(29,30)15-14-27-12-4-5-13-27/h1-3,6-10,18,20H,4-5,11-16H2/t18-/m1/s1. The van der Waals surface area contributed by atoms with Crippen LogP contribution in [0.4, 0.5) is 14.5 Å². The third kappa shape index (κ3) is 5.42. The number of likely N-dealkylation sites (tertiary alicyclic amines) is 1. The summed E-state index contributed by atoms with van der Waals surface area (Å²) in [5, 5.41) is 7.08. The number of aromatic nitrogens is 2. The molecule has 2 heterocycles. The van der Waals surface area contributed by atoms with Crippen molar-refractivity contribution in [1.29, 1.82) is 0 Å². The molecule has 0 radical (unpaired) electrons. The highest BCUT2D eigenvalue weighted by molar-refractivity contribution is 7.92. The Bertz CT molecular complexity index is 1060. The van der Waals surface area contributed by atoms with E-state index in [-0.39, 0.29) is 24.1 Å². The van der Waals surface area contributed by atoms with Gasteiger partial charge in [0.25, 0.3) is 5.89 Å². The summed E-state index contributed by atoms with van der Waals surface area (Å²) in [4.78, 5) is 2.18. The third-order valence-corrected chi connectivity index (χ3v) is 7.42. The highest BCUT2D eigenvalue weighted by Gasteiger charge is 2.26. The maximum absolute atomic E-state index is 13.3. The van der Waals surface area contributed by atoms with Crippen molar-refractivity contribution in [3.63, 3.8) is 0 Å². The Hall–Kier alpha value is -2.59. The molecule has 7 nitrogen and oxygen atoms in total. The fourth-order valence-corrected chi connectivity index (χ4v) is 5.42. The molecule has 2 aliphatic rings. The van der Waals surface area contributed by atoms with E-state index in [1.165, 1.54) is 4.31 Å². The Morgan fingerprint density at radius 1 is 1.16 bits per heavy atom. The molecule has 4 rings (SSSR count). The molecule has 1 aromatic carbocycles. The van der Waals surface area contributed by atoms with Crippen LogP contribution >= 0.6 is 0 Å². The molecule has 0 spiro atoms. The lowest BCUT2D eigenvalue weighted by Crippen LogP contribution is -2.38. The van der Waals surface area contributed by atoms with Gasteiger partial charge in [-0.25, -0.2) is 8.42 Å². The van der Waals surface area contributed by atoms with Gasteiger partial charge in [-0.05, 0) is 50.1 Å². The number of anilines is 1. The van der Waals surface area contributed by atoms with Gasteiger partial charge in [0.1, 0.15) is 0 Å². The van der Waals surface area contributed by atoms with Crippen molar-refractivity contribution in [3.05, 3.63) is 65.9 Å². The number of allylic oxidation sites excluding steroid dienone is 2. The summed E-state index contributed by atoms with van der Waals surface area (Å²) in [6, 6.07) is 9.05. The molecule has 1 aromatic heterocycles. The predicted molar refractivity (Wildman–Crippen MR) is 117 cm³/mol. The van der Waals surface area contributed by atoms with Crippen molar-refractivity contribution in [3.8, 4) is 0 Å². The van der Waals surface area contributed by atoms with Crippen LogP contribution in [0.5, 0.6) is 0 Å². The van der Waals surface area contributed by atoms with Gasteiger partial charge in [0.15, 0.2) is 0 Å². The SMILES string of the molecule is O=S(=O)(CCN1CCCC1)N(CC1=CC[C@H](c2nnc(C(F)F)o2)C=C1)c1ccccc1. The Labute approximate surface area is 186 Å². The van der Waals surface area contributed by atoms with Crippen molar-refractivity contribution in [2.75, 3.05) is 36.2 Å². The van der Waals surface area contributed by atoms with Gasteiger partial charge in [0, 0.05) is 6.54 Å². The van der Waals surface area contributed by atoms with Gasteiger partial charge in [-0.1, -0.05) is 36.4 Å². The van der Waals surface area contributed by atoms with Crippen LogP contribution < -0.4 is 4.31 Å². The molecule has 0 N–H and O–H groups in total. The molecule has 0 amide bonds. The summed E-state index contributed by atoms with van der Waals surface area (Å²) in [5.41, 5.74) is 1.44. The number of hydrogen-bond donors (Lipinski definition) is 0. The van der Waals surface area contributed by atoms with E-state index in [9.17, 15) is 17.2 Å². The maximum Gasteiger partial charge on any atom is 0.314 e. The van der Waals surface area contributed by atoms with Gasteiger partial charge < -0.3 is 9.32 Å². The minimum absolute atomic E-state index is 0.0555. The average molecular weight is 465 g/mol. The minimum atomic E-state index is -3.54. The van der Waals surface area contributed by atoms with Crippen molar-refractivity contribution in [1.82, 2.24) is 15.1 Å². The summed E-state index contributed by atoms with van der Waals surface area (Å²) in [6.45, 7) is 2.60. The molecule has 0 bridgehead atoms. The van der Waals surface area contributed by atoms with E-state index in [1.807, 2.05) is 24.3 Å². The van der Waals surface area contributed by atoms with Crippen LogP contribution in [0.1, 0.15) is 43.4 Å². The van der Waals surface area contributed by atoms with Crippen molar-refractivity contribution >= 4 is 15.7 Å². The second-order valence-electron chi connectivity index (χ2n) is 7.97. The molecule has 2 aromatic rings. The van der Waals surface area contributed by atoms with Crippen LogP contribution in [-0.4, -0.2) is 55.4 Å². The quantitative estimate of drug-likeness (QED) is 0.560. The number of nitrogens with zero attached hydrogens (tertiary/aromatic N) is 4. The van der Waals surface area contributed by atoms with Crippen molar-refractivity contribution < 1.29 is 21.6 Å². The van der Waals surface area contributed by atoms with E-state index >= 15 is 0 Å². The molecule has 1 aliphatic carbocycles. The zero-order chi connectivity index (χ0) is 22.6. The number of hydrogen-bond acceptors (Lipinski definition) is 6. The third-order valence-electron chi connectivity index (χ3n) is 5.71. The summed E-state index contributed by atoms with van der Waals surface area (Å²) < 4.78 is 58.4. The molecular weight excluding hydrogens is 438 g/mol. The molecule has 0 saturated carbocycles. The lowest BCUT2D eigenvalue weighted by atomic mass is 9.96. The van der Waals surface area contributed by atoms with Crippen LogP contribution in [0.3, 0.4) is 0 Å². The summed E-state index contributed by atoms with van der Waals surface area (Å²) >= 11 is 0. The molecule has 1 aliphatic heterocycles. The van der Waals surface area contributed by atoms with Gasteiger partial charge >= 0.3 is 6.43 Å². The zero-order valence-corrected chi connectivity index (χ0v) is 18.4. The highest BCUT2D eigenvalue weighted by Crippen LogP contribution is 2.29. The molecule has 1 fully saturated rings. The fourth-order valence-electron chi connectivity index (χ4n) is 3.92. The molecule has 0 unspecified atom stereocenters. The van der Waals surface area contributed by atoms with Crippen LogP contribution in [-0.2, 0) is 10.0 Å². The Morgan fingerprint density at radius 3 is 2.53 bits per heavy atom. The number of benzene rings is 1. The topological polar surface area (TPSA) is 79.5 Å². The number of halogens is 2. The summed E-state index contributed by atoms with van der Waals surface area (Å²) in [5.74, 6) is -0.817. The van der Waals surface area contributed by atoms with E-state index in [2.05, 4.69) is 15.1 Å². The molecule has 32 heavy (non-hydrogen) atoms. The van der Waals surface area contributed by atoms with Gasteiger partial charge in [-0.2, -0.15) is 8.78 Å². The normalized spacial score (nSPS) is 19.5. The van der Waals surface area contributed by atoms with E-state index in [0.717, 1.165) is 31.5 Å². The second kappa shape index (κ2) is 9.91. The maximum atomic E-state index is 13.3. The minimum Gasteiger partial charge on any atom is -0.419 e. The largest absolute Gasteiger partial charge is 0.419 e. The molecule has 1 saturated heterocycles. The van der Waals surface area contributed by atoms with Crippen LogP contribution in [0.15, 0.2) is 58.6 Å². The van der Waals surface area contributed by atoms with E-state index < -0.39 is 22.3 Å². The van der Waals surface area contributed by atoms with E-state index in [4.69, 9.17) is 4.42 Å². The lowest BCUT2D eigenvalue weighted by molar-refractivity contribution is 0.113. The first-order valence-corrected chi connectivity index (χ1v) is 12.3. The lowest BCUT2D eigenvalue weighted by Gasteiger charge is -2.27. The summed E-state index contributed by atoms with van der Waals surface area (Å²) in [6.07, 6.45) is 5.36. The van der Waals surface area contributed by atoms with Crippen LogP contribution in [0, 0.1) is 0 Å². The number of alkyl halides is 2. The Morgan fingerprint density at radius 2 is 1.91 bits per heavy atom. The van der Waals surface area contributed by atoms with Gasteiger partial charge in [-0.3, -0.25) is 4.31 Å². The fraction of sp³-hybridized carbons (Fsp3) is 0.455. The van der Waals surface area contributed by atoms with E-state index in [0.29, 0.717) is 18.7 Å². The number of rotatable bonds is 9. The Balaban J connectivity index is 1.46. The van der Waals surface area contributed by atoms with Gasteiger partial charge in [0.05, 0.1) is 23.9 Å². The zero-order valence-electron chi connectivity index (χ0n) is 17.6. The van der Waals surface area contributed by atoms with Crippen molar-refractivity contribution in [2.45, 2.75) is 31.6 Å². The summed E-state index contributed by atoms with van der Waals surface area (Å²) in [7, 11) is -3.54. The van der Waals surface area contributed by atoms with Crippen LogP contribution in [0.2, 0.25) is 0 Å². The van der Waals surface area contributed by atoms with Crippen molar-refractivity contribution in [2.24, 2.45) is 0 Å².